The highest BCUT2D eigenvalue weighted by molar-refractivity contribution is 7.99. The number of rotatable bonds is 6. The van der Waals surface area contributed by atoms with Crippen molar-refractivity contribution in [2.24, 2.45) is 0 Å². The van der Waals surface area contributed by atoms with Crippen LogP contribution in [0.1, 0.15) is 10.4 Å². The van der Waals surface area contributed by atoms with Gasteiger partial charge >= 0.3 is 0 Å². The molecule has 132 valence electrons. The van der Waals surface area contributed by atoms with Crippen LogP contribution in [0.25, 0.3) is 0 Å². The van der Waals surface area contributed by atoms with E-state index < -0.39 is 0 Å². The maximum atomic E-state index is 12.6. The highest BCUT2D eigenvalue weighted by atomic mass is 32.2. The maximum absolute atomic E-state index is 12.6. The Labute approximate surface area is 153 Å². The van der Waals surface area contributed by atoms with Crippen LogP contribution in [0.5, 0.6) is 5.75 Å². The summed E-state index contributed by atoms with van der Waals surface area (Å²) in [5.74, 6) is 1.97. The summed E-state index contributed by atoms with van der Waals surface area (Å²) in [5.41, 5.74) is 0.730. The number of hydrogen-bond acceptors (Lipinski definition) is 4. The van der Waals surface area contributed by atoms with Crippen molar-refractivity contribution in [1.29, 1.82) is 0 Å². The van der Waals surface area contributed by atoms with Crippen LogP contribution in [-0.2, 0) is 0 Å². The van der Waals surface area contributed by atoms with Crippen molar-refractivity contribution >= 4 is 17.7 Å². The number of carbonyl (C=O) groups excluding carboxylic acids is 1. The van der Waals surface area contributed by atoms with E-state index in [4.69, 9.17) is 4.74 Å². The molecule has 0 spiro atoms. The lowest BCUT2D eigenvalue weighted by molar-refractivity contribution is 0.0644. The number of carbonyl (C=O) groups is 1. The second kappa shape index (κ2) is 8.92. The van der Waals surface area contributed by atoms with Crippen molar-refractivity contribution in [3.8, 4) is 5.75 Å². The smallest absolute Gasteiger partial charge is 0.253 e. The van der Waals surface area contributed by atoms with E-state index in [0.717, 1.165) is 49.8 Å². The first-order valence-corrected chi connectivity index (χ1v) is 9.58. The predicted molar refractivity (Wildman–Crippen MR) is 103 cm³/mol. The fourth-order valence-electron chi connectivity index (χ4n) is 2.90. The van der Waals surface area contributed by atoms with Gasteiger partial charge in [-0.1, -0.05) is 18.2 Å². The van der Waals surface area contributed by atoms with Gasteiger partial charge in [-0.3, -0.25) is 9.69 Å². The molecule has 0 aliphatic carbocycles. The minimum atomic E-state index is 0.112. The van der Waals surface area contributed by atoms with E-state index in [0.29, 0.717) is 0 Å². The summed E-state index contributed by atoms with van der Waals surface area (Å²) in [4.78, 5) is 18.3. The SMILES string of the molecule is COc1ccc(C(=O)N2CCN(CCSc3ccccc3)CC2)cc1. The van der Waals surface area contributed by atoms with Gasteiger partial charge in [-0.15, -0.1) is 11.8 Å². The molecule has 1 aliphatic heterocycles. The van der Waals surface area contributed by atoms with E-state index in [1.54, 1.807) is 7.11 Å². The van der Waals surface area contributed by atoms with Gasteiger partial charge in [0.15, 0.2) is 0 Å². The van der Waals surface area contributed by atoms with Crippen LogP contribution in [0, 0.1) is 0 Å². The largest absolute Gasteiger partial charge is 0.497 e. The molecule has 25 heavy (non-hydrogen) atoms. The molecule has 1 fully saturated rings. The molecule has 0 bridgehead atoms. The molecule has 1 aliphatic rings. The number of hydrogen-bond donors (Lipinski definition) is 0. The molecule has 1 saturated heterocycles. The van der Waals surface area contributed by atoms with Crippen LogP contribution in [0.2, 0.25) is 0 Å². The fraction of sp³-hybridized carbons (Fsp3) is 0.350. The molecule has 5 heteroatoms. The van der Waals surface area contributed by atoms with Gasteiger partial charge in [0.25, 0.3) is 5.91 Å². The quantitative estimate of drug-likeness (QED) is 0.744. The minimum Gasteiger partial charge on any atom is -0.497 e. The first-order valence-electron chi connectivity index (χ1n) is 8.60. The van der Waals surface area contributed by atoms with Crippen LogP contribution in [0.4, 0.5) is 0 Å². The Morgan fingerprint density at radius 2 is 1.68 bits per heavy atom. The molecule has 0 atom stereocenters. The molecule has 0 aromatic heterocycles. The number of piperazine rings is 1. The molecule has 0 unspecified atom stereocenters. The molecular weight excluding hydrogens is 332 g/mol. The van der Waals surface area contributed by atoms with Crippen molar-refractivity contribution in [2.45, 2.75) is 4.90 Å². The molecule has 2 aromatic rings. The van der Waals surface area contributed by atoms with E-state index >= 15 is 0 Å². The van der Waals surface area contributed by atoms with Crippen LogP contribution in [0.15, 0.2) is 59.5 Å². The fourth-order valence-corrected chi connectivity index (χ4v) is 3.83. The van der Waals surface area contributed by atoms with Gasteiger partial charge in [0, 0.05) is 48.9 Å². The topological polar surface area (TPSA) is 32.8 Å². The second-order valence-corrected chi connectivity index (χ2v) is 7.19. The van der Waals surface area contributed by atoms with Gasteiger partial charge in [0.1, 0.15) is 5.75 Å². The van der Waals surface area contributed by atoms with Crippen molar-refractivity contribution in [3.05, 3.63) is 60.2 Å². The summed E-state index contributed by atoms with van der Waals surface area (Å²) >= 11 is 1.89. The normalized spacial score (nSPS) is 15.2. The van der Waals surface area contributed by atoms with Gasteiger partial charge < -0.3 is 9.64 Å². The third-order valence-corrected chi connectivity index (χ3v) is 5.41. The van der Waals surface area contributed by atoms with Crippen LogP contribution < -0.4 is 4.74 Å². The Hall–Kier alpha value is -1.98. The Bertz CT molecular complexity index is 668. The van der Waals surface area contributed by atoms with Gasteiger partial charge in [-0.2, -0.15) is 0 Å². The monoisotopic (exact) mass is 356 g/mol. The molecule has 0 saturated carbocycles. The second-order valence-electron chi connectivity index (χ2n) is 6.02. The van der Waals surface area contributed by atoms with E-state index in [1.165, 1.54) is 4.90 Å². The van der Waals surface area contributed by atoms with Gasteiger partial charge in [0.2, 0.25) is 0 Å². The number of methoxy groups -OCH3 is 1. The van der Waals surface area contributed by atoms with Crippen LogP contribution >= 0.6 is 11.8 Å². The zero-order valence-corrected chi connectivity index (χ0v) is 15.4. The lowest BCUT2D eigenvalue weighted by atomic mass is 10.1. The molecule has 1 amide bonds. The van der Waals surface area contributed by atoms with Gasteiger partial charge in [-0.05, 0) is 36.4 Å². The van der Waals surface area contributed by atoms with Crippen molar-refractivity contribution in [1.82, 2.24) is 9.80 Å². The molecule has 0 radical (unpaired) electrons. The van der Waals surface area contributed by atoms with Crippen LogP contribution in [0.3, 0.4) is 0 Å². The summed E-state index contributed by atoms with van der Waals surface area (Å²) in [6.07, 6.45) is 0. The first kappa shape index (κ1) is 17.8. The summed E-state index contributed by atoms with van der Waals surface area (Å²) in [7, 11) is 1.63. The van der Waals surface area contributed by atoms with Gasteiger partial charge in [0.05, 0.1) is 7.11 Å². The molecular formula is C20H24N2O2S. The van der Waals surface area contributed by atoms with E-state index in [1.807, 2.05) is 47.0 Å². The zero-order chi connectivity index (χ0) is 17.5. The first-order chi connectivity index (χ1) is 12.3. The van der Waals surface area contributed by atoms with Gasteiger partial charge in [-0.25, -0.2) is 0 Å². The molecule has 3 rings (SSSR count). The molecule has 4 nitrogen and oxygen atoms in total. The number of amides is 1. The van der Waals surface area contributed by atoms with Crippen molar-refractivity contribution in [2.75, 3.05) is 45.6 Å². The highest BCUT2D eigenvalue weighted by Gasteiger charge is 2.21. The minimum absolute atomic E-state index is 0.112. The third-order valence-electron chi connectivity index (χ3n) is 4.42. The van der Waals surface area contributed by atoms with Crippen LogP contribution in [-0.4, -0.2) is 61.3 Å². The third kappa shape index (κ3) is 5.00. The van der Waals surface area contributed by atoms with Crippen molar-refractivity contribution in [3.63, 3.8) is 0 Å². The lowest BCUT2D eigenvalue weighted by Gasteiger charge is -2.34. The van der Waals surface area contributed by atoms with E-state index in [-0.39, 0.29) is 5.91 Å². The Morgan fingerprint density at radius 1 is 1.00 bits per heavy atom. The Morgan fingerprint density at radius 3 is 2.32 bits per heavy atom. The molecule has 2 aromatic carbocycles. The molecule has 1 heterocycles. The molecule has 0 N–H and O–H groups in total. The van der Waals surface area contributed by atoms with E-state index in [9.17, 15) is 4.79 Å². The summed E-state index contributed by atoms with van der Waals surface area (Å²) in [6.45, 7) is 4.53. The Balaban J connectivity index is 1.42. The van der Waals surface area contributed by atoms with E-state index in [2.05, 4.69) is 29.2 Å². The Kier molecular flexibility index (Phi) is 6.36. The average Bonchev–Trinajstić information content (AvgIpc) is 2.69. The lowest BCUT2D eigenvalue weighted by Crippen LogP contribution is -2.49. The maximum Gasteiger partial charge on any atom is 0.253 e. The number of thioether (sulfide) groups is 1. The summed E-state index contributed by atoms with van der Waals surface area (Å²) < 4.78 is 5.14. The number of ether oxygens (including phenoxy) is 1. The highest BCUT2D eigenvalue weighted by Crippen LogP contribution is 2.18. The number of nitrogens with zero attached hydrogens (tertiary/aromatic N) is 2. The standard InChI is InChI=1S/C20H24N2O2S/c1-24-18-9-7-17(8-10-18)20(23)22-13-11-21(12-14-22)15-16-25-19-5-3-2-4-6-19/h2-10H,11-16H2,1H3. The zero-order valence-electron chi connectivity index (χ0n) is 14.6. The average molecular weight is 356 g/mol. The summed E-state index contributed by atoms with van der Waals surface area (Å²) in [5, 5.41) is 0. The number of benzene rings is 2. The predicted octanol–water partition coefficient (Wildman–Crippen LogP) is 3.25. The van der Waals surface area contributed by atoms with Crippen molar-refractivity contribution < 1.29 is 9.53 Å². The summed E-state index contributed by atoms with van der Waals surface area (Å²) in [6, 6.07) is 17.8.